The number of rotatable bonds is 9. The largest absolute Gasteiger partial charge is 0.481 e. The molecular formula is C32H33FN4O5. The third-order valence-corrected chi connectivity index (χ3v) is 7.62. The molecule has 1 aliphatic heterocycles. The molecule has 3 aromatic rings. The minimum Gasteiger partial charge on any atom is -0.481 e. The van der Waals surface area contributed by atoms with Crippen LogP contribution in [0, 0.1) is 18.7 Å². The number of anilines is 2. The van der Waals surface area contributed by atoms with E-state index in [0.29, 0.717) is 43.1 Å². The first-order chi connectivity index (χ1) is 20.2. The van der Waals surface area contributed by atoms with Crippen molar-refractivity contribution in [3.05, 3.63) is 94.8 Å². The monoisotopic (exact) mass is 572 g/mol. The van der Waals surface area contributed by atoms with Gasteiger partial charge in [0.2, 0.25) is 5.91 Å². The van der Waals surface area contributed by atoms with E-state index in [1.165, 1.54) is 24.3 Å². The van der Waals surface area contributed by atoms with Gasteiger partial charge >= 0.3 is 5.97 Å². The summed E-state index contributed by atoms with van der Waals surface area (Å²) in [7, 11) is 0. The van der Waals surface area contributed by atoms with Crippen molar-refractivity contribution in [1.29, 1.82) is 0 Å². The molecule has 1 atom stereocenters. The normalized spacial score (nSPS) is 15.6. The van der Waals surface area contributed by atoms with Crippen molar-refractivity contribution in [1.82, 2.24) is 10.2 Å². The Morgan fingerprint density at radius 1 is 0.905 bits per heavy atom. The van der Waals surface area contributed by atoms with E-state index in [9.17, 15) is 28.7 Å². The number of amides is 3. The quantitative estimate of drug-likeness (QED) is 0.350. The number of hydrogen-bond acceptors (Lipinski definition) is 5. The van der Waals surface area contributed by atoms with Crippen LogP contribution < -0.4 is 15.5 Å². The fourth-order valence-corrected chi connectivity index (χ4v) is 5.10. The maximum absolute atomic E-state index is 13.8. The summed E-state index contributed by atoms with van der Waals surface area (Å²) in [4.78, 5) is 54.5. The maximum Gasteiger partial charge on any atom is 0.305 e. The van der Waals surface area contributed by atoms with Crippen LogP contribution in [-0.4, -0.2) is 59.9 Å². The van der Waals surface area contributed by atoms with Gasteiger partial charge in [-0.1, -0.05) is 35.9 Å². The molecule has 10 heteroatoms. The Morgan fingerprint density at radius 2 is 1.60 bits per heavy atom. The number of hydrogen-bond donors (Lipinski definition) is 3. The Balaban J connectivity index is 1.40. The predicted molar refractivity (Wildman–Crippen MR) is 156 cm³/mol. The van der Waals surface area contributed by atoms with Crippen LogP contribution in [0.2, 0.25) is 0 Å². The van der Waals surface area contributed by atoms with Crippen molar-refractivity contribution in [3.8, 4) is 0 Å². The first kappa shape index (κ1) is 28.8. The van der Waals surface area contributed by atoms with E-state index in [2.05, 4.69) is 10.6 Å². The van der Waals surface area contributed by atoms with Gasteiger partial charge in [0.1, 0.15) is 5.82 Å². The first-order valence-electron chi connectivity index (χ1n) is 14.0. The van der Waals surface area contributed by atoms with Gasteiger partial charge in [-0.2, -0.15) is 0 Å². The highest BCUT2D eigenvalue weighted by Crippen LogP contribution is 2.33. The molecule has 5 rings (SSSR count). The van der Waals surface area contributed by atoms with Crippen LogP contribution in [-0.2, 0) is 9.59 Å². The fraction of sp³-hybridized carbons (Fsp3) is 0.312. The number of benzene rings is 3. The molecule has 218 valence electrons. The van der Waals surface area contributed by atoms with Crippen molar-refractivity contribution in [2.75, 3.05) is 36.4 Å². The summed E-state index contributed by atoms with van der Waals surface area (Å²) >= 11 is 0. The SMILES string of the molecule is Cc1ccc(C(CC(=O)O)NC(=O)c2ccc(N3CCN(C(=O)C4CC4)CC3)c(NC(=O)c3cccc(F)c3)c2)cc1. The van der Waals surface area contributed by atoms with E-state index in [1.54, 1.807) is 24.3 Å². The Hall–Kier alpha value is -4.73. The molecule has 2 fully saturated rings. The maximum atomic E-state index is 13.8. The minimum atomic E-state index is -1.06. The topological polar surface area (TPSA) is 119 Å². The molecule has 1 unspecified atom stereocenters. The number of carbonyl (C=O) groups is 4. The van der Waals surface area contributed by atoms with Gasteiger partial charge < -0.3 is 25.5 Å². The van der Waals surface area contributed by atoms with E-state index < -0.39 is 29.6 Å². The van der Waals surface area contributed by atoms with Gasteiger partial charge in [-0.3, -0.25) is 19.2 Å². The molecule has 1 heterocycles. The van der Waals surface area contributed by atoms with Gasteiger partial charge in [0.05, 0.1) is 23.8 Å². The third kappa shape index (κ3) is 6.94. The molecule has 0 bridgehead atoms. The second kappa shape index (κ2) is 12.4. The zero-order valence-corrected chi connectivity index (χ0v) is 23.3. The van der Waals surface area contributed by atoms with Gasteiger partial charge in [-0.15, -0.1) is 0 Å². The van der Waals surface area contributed by atoms with Crippen molar-refractivity contribution in [3.63, 3.8) is 0 Å². The molecule has 3 N–H and O–H groups in total. The lowest BCUT2D eigenvalue weighted by Crippen LogP contribution is -2.49. The Morgan fingerprint density at radius 3 is 2.24 bits per heavy atom. The van der Waals surface area contributed by atoms with Crippen LogP contribution in [0.15, 0.2) is 66.7 Å². The highest BCUT2D eigenvalue weighted by Gasteiger charge is 2.35. The van der Waals surface area contributed by atoms with E-state index >= 15 is 0 Å². The number of carbonyl (C=O) groups excluding carboxylic acids is 3. The molecule has 0 spiro atoms. The number of nitrogens with one attached hydrogen (secondary N) is 2. The summed E-state index contributed by atoms with van der Waals surface area (Å²) in [5.74, 6) is -2.33. The van der Waals surface area contributed by atoms with Crippen molar-refractivity contribution in [2.45, 2.75) is 32.2 Å². The zero-order chi connectivity index (χ0) is 29.8. The summed E-state index contributed by atoms with van der Waals surface area (Å²) in [6.07, 6.45) is 1.58. The fourth-order valence-electron chi connectivity index (χ4n) is 5.10. The van der Waals surface area contributed by atoms with Gasteiger partial charge in [0, 0.05) is 43.2 Å². The lowest BCUT2D eigenvalue weighted by Gasteiger charge is -2.37. The summed E-state index contributed by atoms with van der Waals surface area (Å²) in [5.41, 5.74) is 3.02. The molecule has 9 nitrogen and oxygen atoms in total. The number of aliphatic carboxylic acids is 1. The summed E-state index contributed by atoms with van der Waals surface area (Å²) in [6.45, 7) is 4.09. The average Bonchev–Trinajstić information content (AvgIpc) is 3.82. The number of halogens is 1. The zero-order valence-electron chi connectivity index (χ0n) is 23.3. The first-order valence-corrected chi connectivity index (χ1v) is 14.0. The van der Waals surface area contributed by atoms with E-state index in [1.807, 2.05) is 28.9 Å². The molecule has 0 radical (unpaired) electrons. The highest BCUT2D eigenvalue weighted by atomic mass is 19.1. The highest BCUT2D eigenvalue weighted by molar-refractivity contribution is 6.07. The molecule has 0 aromatic heterocycles. The van der Waals surface area contributed by atoms with E-state index in [4.69, 9.17) is 0 Å². The molecule has 1 aliphatic carbocycles. The summed E-state index contributed by atoms with van der Waals surface area (Å²) in [5, 5.41) is 15.1. The summed E-state index contributed by atoms with van der Waals surface area (Å²) in [6, 6.07) is 16.7. The van der Waals surface area contributed by atoms with Crippen LogP contribution in [0.3, 0.4) is 0 Å². The second-order valence-electron chi connectivity index (χ2n) is 10.8. The molecule has 1 saturated heterocycles. The number of piperazine rings is 1. The smallest absolute Gasteiger partial charge is 0.305 e. The van der Waals surface area contributed by atoms with Crippen LogP contribution in [0.1, 0.15) is 57.1 Å². The van der Waals surface area contributed by atoms with Crippen LogP contribution >= 0.6 is 0 Å². The molecule has 3 amide bonds. The average molecular weight is 573 g/mol. The number of nitrogens with zero attached hydrogens (tertiary/aromatic N) is 2. The second-order valence-corrected chi connectivity index (χ2v) is 10.8. The van der Waals surface area contributed by atoms with Gasteiger partial charge in [0.15, 0.2) is 0 Å². The van der Waals surface area contributed by atoms with Crippen LogP contribution in [0.4, 0.5) is 15.8 Å². The molecule has 2 aliphatic rings. The molecular weight excluding hydrogens is 539 g/mol. The molecule has 3 aromatic carbocycles. The van der Waals surface area contributed by atoms with E-state index in [-0.39, 0.29) is 29.4 Å². The Kier molecular flexibility index (Phi) is 8.51. The van der Waals surface area contributed by atoms with Gasteiger partial charge in [-0.05, 0) is 61.7 Å². The van der Waals surface area contributed by atoms with Crippen LogP contribution in [0.5, 0.6) is 0 Å². The van der Waals surface area contributed by atoms with Gasteiger partial charge in [0.25, 0.3) is 11.8 Å². The summed E-state index contributed by atoms with van der Waals surface area (Å²) < 4.78 is 13.8. The lowest BCUT2D eigenvalue weighted by atomic mass is 10.0. The Labute approximate surface area is 243 Å². The standard InChI is InChI=1S/C32H33FN4O5/c1-20-5-7-21(8-6-20)26(19-29(38)39)34-31(41)24-11-12-28(36-13-15-37(16-14-36)32(42)22-9-10-22)27(18-24)35-30(40)23-3-2-4-25(33)17-23/h2-8,11-12,17-18,22,26H,9-10,13-16,19H2,1H3,(H,34,41)(H,35,40)(H,38,39). The Bertz CT molecular complexity index is 1500. The predicted octanol–water partition coefficient (Wildman–Crippen LogP) is 4.39. The van der Waals surface area contributed by atoms with Gasteiger partial charge in [-0.25, -0.2) is 4.39 Å². The van der Waals surface area contributed by atoms with Crippen molar-refractivity contribution in [2.24, 2.45) is 5.92 Å². The lowest BCUT2D eigenvalue weighted by molar-refractivity contribution is -0.137. The van der Waals surface area contributed by atoms with Crippen molar-refractivity contribution < 1.29 is 28.7 Å². The third-order valence-electron chi connectivity index (χ3n) is 7.62. The van der Waals surface area contributed by atoms with E-state index in [0.717, 1.165) is 24.5 Å². The minimum absolute atomic E-state index is 0.122. The number of carboxylic acids is 1. The van der Waals surface area contributed by atoms with Crippen molar-refractivity contribution >= 4 is 35.1 Å². The number of aryl methyl sites for hydroxylation is 1. The number of carboxylic acid groups (broad SMARTS) is 1. The molecule has 42 heavy (non-hydrogen) atoms. The van der Waals surface area contributed by atoms with Crippen LogP contribution in [0.25, 0.3) is 0 Å². The molecule has 1 saturated carbocycles.